The summed E-state index contributed by atoms with van der Waals surface area (Å²) < 4.78 is 41.1. The molecule has 13 heavy (non-hydrogen) atoms. The molecule has 1 saturated carbocycles. The van der Waals surface area contributed by atoms with Gasteiger partial charge in [-0.1, -0.05) is 12.8 Å². The molecule has 0 N–H and O–H groups in total. The van der Waals surface area contributed by atoms with Crippen LogP contribution >= 0.6 is 0 Å². The highest BCUT2D eigenvalue weighted by molar-refractivity contribution is 6.66. The summed E-state index contributed by atoms with van der Waals surface area (Å²) in [7, 11) is 0. The van der Waals surface area contributed by atoms with Crippen molar-refractivity contribution in [3.63, 3.8) is 0 Å². The molecule has 0 aliphatic heterocycles. The van der Waals surface area contributed by atoms with Crippen LogP contribution in [-0.2, 0) is 4.74 Å². The van der Waals surface area contributed by atoms with Crippen molar-refractivity contribution < 1.29 is 17.7 Å². The van der Waals surface area contributed by atoms with E-state index in [0.717, 1.165) is 25.7 Å². The fourth-order valence-electron chi connectivity index (χ4n) is 1.37. The highest BCUT2D eigenvalue weighted by atomic mass is 19.4. The van der Waals surface area contributed by atoms with Crippen molar-refractivity contribution >= 4 is 6.98 Å². The van der Waals surface area contributed by atoms with E-state index in [0.29, 0.717) is 0 Å². The Morgan fingerprint density at radius 3 is 2.31 bits per heavy atom. The van der Waals surface area contributed by atoms with Gasteiger partial charge in [-0.25, -0.2) is 0 Å². The SMILES string of the molecule is C=C(COC1CCCC1)[B-](F)(F)F. The number of rotatable bonds is 4. The van der Waals surface area contributed by atoms with Gasteiger partial charge in [0.15, 0.2) is 0 Å². The Labute approximate surface area is 76.0 Å². The maximum Gasteiger partial charge on any atom is 0.507 e. The molecular formula is C8H13BF3O-. The molecule has 0 bridgehead atoms. The Balaban J connectivity index is 2.22. The summed E-state index contributed by atoms with van der Waals surface area (Å²) >= 11 is 0. The number of hydrogen-bond donors (Lipinski definition) is 0. The van der Waals surface area contributed by atoms with Gasteiger partial charge in [-0.05, 0) is 12.8 Å². The molecule has 0 unspecified atom stereocenters. The summed E-state index contributed by atoms with van der Waals surface area (Å²) in [5.41, 5.74) is -0.730. The van der Waals surface area contributed by atoms with Gasteiger partial charge in [-0.3, -0.25) is 0 Å². The van der Waals surface area contributed by atoms with Crippen LogP contribution in [0.3, 0.4) is 0 Å². The maximum atomic E-state index is 12.0. The van der Waals surface area contributed by atoms with E-state index in [1.165, 1.54) is 0 Å². The maximum absolute atomic E-state index is 12.0. The van der Waals surface area contributed by atoms with Crippen LogP contribution < -0.4 is 0 Å². The van der Waals surface area contributed by atoms with Crippen molar-refractivity contribution in [2.75, 3.05) is 6.61 Å². The summed E-state index contributed by atoms with van der Waals surface area (Å²) in [4.78, 5) is 0. The summed E-state index contributed by atoms with van der Waals surface area (Å²) in [5.74, 6) is 0. The monoisotopic (exact) mass is 193 g/mol. The van der Waals surface area contributed by atoms with Crippen LogP contribution in [-0.4, -0.2) is 19.7 Å². The van der Waals surface area contributed by atoms with Crippen molar-refractivity contribution in [1.29, 1.82) is 0 Å². The van der Waals surface area contributed by atoms with Crippen molar-refractivity contribution in [3.8, 4) is 0 Å². The minimum atomic E-state index is -4.91. The molecule has 5 heteroatoms. The Kier molecular flexibility index (Phi) is 3.42. The van der Waals surface area contributed by atoms with Gasteiger partial charge in [-0.2, -0.15) is 0 Å². The van der Waals surface area contributed by atoms with Crippen molar-refractivity contribution in [1.82, 2.24) is 0 Å². The van der Waals surface area contributed by atoms with Gasteiger partial charge in [0, 0.05) is 6.61 Å². The van der Waals surface area contributed by atoms with Crippen molar-refractivity contribution in [3.05, 3.63) is 12.1 Å². The average molecular weight is 193 g/mol. The van der Waals surface area contributed by atoms with E-state index >= 15 is 0 Å². The third-order valence-corrected chi connectivity index (χ3v) is 2.27. The van der Waals surface area contributed by atoms with Gasteiger partial charge < -0.3 is 17.7 Å². The van der Waals surface area contributed by atoms with Gasteiger partial charge in [0.2, 0.25) is 0 Å². The highest BCUT2D eigenvalue weighted by Crippen LogP contribution is 2.24. The first-order chi connectivity index (χ1) is 6.00. The Hall–Kier alpha value is -0.445. The standard InChI is InChI=1S/C8H13BF3O/c1-7(9(10,11)12)6-13-8-4-2-3-5-8/h8H,1-6H2/q-1. The molecule has 1 rings (SSSR count). The van der Waals surface area contributed by atoms with Gasteiger partial charge in [0.1, 0.15) is 0 Å². The lowest BCUT2D eigenvalue weighted by molar-refractivity contribution is 0.0763. The lowest BCUT2D eigenvalue weighted by Crippen LogP contribution is -2.24. The third-order valence-electron chi connectivity index (χ3n) is 2.27. The predicted molar refractivity (Wildman–Crippen MR) is 46.4 cm³/mol. The molecule has 1 nitrogen and oxygen atoms in total. The summed E-state index contributed by atoms with van der Waals surface area (Å²) in [6.07, 6.45) is 3.92. The second-order valence-corrected chi connectivity index (χ2v) is 3.45. The molecule has 0 saturated heterocycles. The molecule has 76 valence electrons. The second kappa shape index (κ2) is 4.18. The normalized spacial score (nSPS) is 19.3. The fourth-order valence-corrected chi connectivity index (χ4v) is 1.37. The smallest absolute Gasteiger partial charge is 0.445 e. The van der Waals surface area contributed by atoms with E-state index in [1.807, 2.05) is 0 Å². The first-order valence-electron chi connectivity index (χ1n) is 4.49. The minimum Gasteiger partial charge on any atom is -0.445 e. The van der Waals surface area contributed by atoms with E-state index in [4.69, 9.17) is 4.74 Å². The van der Waals surface area contributed by atoms with E-state index < -0.39 is 12.4 Å². The summed E-state index contributed by atoms with van der Waals surface area (Å²) in [5, 5.41) is 0. The molecule has 1 fully saturated rings. The van der Waals surface area contributed by atoms with Gasteiger partial charge in [0.25, 0.3) is 0 Å². The third kappa shape index (κ3) is 3.42. The van der Waals surface area contributed by atoms with E-state index in [2.05, 4.69) is 6.58 Å². The molecule has 0 atom stereocenters. The molecule has 0 aromatic heterocycles. The average Bonchev–Trinajstić information content (AvgIpc) is 2.50. The Morgan fingerprint density at radius 2 is 1.85 bits per heavy atom. The van der Waals surface area contributed by atoms with E-state index in [-0.39, 0.29) is 12.7 Å². The highest BCUT2D eigenvalue weighted by Gasteiger charge is 2.27. The number of hydrogen-bond acceptors (Lipinski definition) is 1. The van der Waals surface area contributed by atoms with Crippen LogP contribution in [0, 0.1) is 0 Å². The fraction of sp³-hybridized carbons (Fsp3) is 0.750. The first kappa shape index (κ1) is 10.6. The van der Waals surface area contributed by atoms with Crippen LogP contribution in [0.1, 0.15) is 25.7 Å². The van der Waals surface area contributed by atoms with Crippen LogP contribution in [0.15, 0.2) is 12.1 Å². The molecule has 1 aliphatic carbocycles. The van der Waals surface area contributed by atoms with Crippen LogP contribution in [0.25, 0.3) is 0 Å². The minimum absolute atomic E-state index is 0.0231. The lowest BCUT2D eigenvalue weighted by Gasteiger charge is -2.19. The van der Waals surface area contributed by atoms with Crippen molar-refractivity contribution in [2.24, 2.45) is 0 Å². The van der Waals surface area contributed by atoms with Gasteiger partial charge in [-0.15, -0.1) is 12.1 Å². The molecule has 0 radical (unpaired) electrons. The van der Waals surface area contributed by atoms with Crippen molar-refractivity contribution in [2.45, 2.75) is 31.8 Å². The Morgan fingerprint density at radius 1 is 1.31 bits per heavy atom. The molecule has 0 aromatic carbocycles. The summed E-state index contributed by atoms with van der Waals surface area (Å²) in [6, 6.07) is 0. The topological polar surface area (TPSA) is 9.23 Å². The molecule has 1 aliphatic rings. The molecule has 0 spiro atoms. The molecule has 0 amide bonds. The van der Waals surface area contributed by atoms with E-state index in [9.17, 15) is 12.9 Å². The van der Waals surface area contributed by atoms with Gasteiger partial charge >= 0.3 is 6.98 Å². The summed E-state index contributed by atoms with van der Waals surface area (Å²) in [6.45, 7) is -2.30. The van der Waals surface area contributed by atoms with Gasteiger partial charge in [0.05, 0.1) is 6.10 Å². The molecular weight excluding hydrogens is 180 g/mol. The quantitative estimate of drug-likeness (QED) is 0.623. The predicted octanol–water partition coefficient (Wildman–Crippen LogP) is 2.89. The zero-order valence-electron chi connectivity index (χ0n) is 7.44. The van der Waals surface area contributed by atoms with Crippen LogP contribution in [0.4, 0.5) is 12.9 Å². The second-order valence-electron chi connectivity index (χ2n) is 3.45. The first-order valence-corrected chi connectivity index (χ1v) is 4.49. The Bertz CT molecular complexity index is 184. The number of ether oxygens (including phenoxy) is 1. The van der Waals surface area contributed by atoms with Crippen LogP contribution in [0.2, 0.25) is 0 Å². The zero-order valence-corrected chi connectivity index (χ0v) is 7.44. The molecule has 0 heterocycles. The number of halogens is 3. The zero-order chi connectivity index (χ0) is 9.90. The van der Waals surface area contributed by atoms with Crippen LogP contribution in [0.5, 0.6) is 0 Å². The largest absolute Gasteiger partial charge is 0.507 e. The molecule has 0 aromatic rings. The van der Waals surface area contributed by atoms with E-state index in [1.54, 1.807) is 0 Å². The lowest BCUT2D eigenvalue weighted by atomic mass is 9.81.